The van der Waals surface area contributed by atoms with Gasteiger partial charge in [-0.25, -0.2) is 4.79 Å². The molecule has 0 radical (unpaired) electrons. The Hall–Kier alpha value is -6.87. The molecule has 0 spiro atoms. The van der Waals surface area contributed by atoms with Gasteiger partial charge in [0.2, 0.25) is 0 Å². The molecule has 0 fully saturated rings. The highest BCUT2D eigenvalue weighted by atomic mass is 127. The Bertz CT molecular complexity index is 2630. The van der Waals surface area contributed by atoms with Crippen molar-refractivity contribution < 1.29 is 28.7 Å². The van der Waals surface area contributed by atoms with E-state index >= 15 is 0 Å². The lowest BCUT2D eigenvalue weighted by molar-refractivity contribution is -0.144. The van der Waals surface area contributed by atoms with Gasteiger partial charge < -0.3 is 32.0 Å². The summed E-state index contributed by atoms with van der Waals surface area (Å²) in [4.78, 5) is 50.4. The summed E-state index contributed by atoms with van der Waals surface area (Å²) >= 11 is 2.23. The van der Waals surface area contributed by atoms with Gasteiger partial charge in [0.05, 0.1) is 31.0 Å². The number of para-hydroxylation sites is 3. The lowest BCUT2D eigenvalue weighted by Crippen LogP contribution is -2.35. The van der Waals surface area contributed by atoms with E-state index in [1.54, 1.807) is 37.3 Å². The van der Waals surface area contributed by atoms with Gasteiger partial charge in [0.1, 0.15) is 0 Å². The third-order valence-electron chi connectivity index (χ3n) is 10.5. The van der Waals surface area contributed by atoms with Crippen LogP contribution in [0.3, 0.4) is 0 Å². The predicted molar refractivity (Wildman–Crippen MR) is 273 cm³/mol. The number of benzene rings is 6. The molecule has 6 aromatic carbocycles. The van der Waals surface area contributed by atoms with E-state index in [1.165, 1.54) is 6.08 Å². The van der Waals surface area contributed by atoms with E-state index in [1.807, 2.05) is 116 Å². The summed E-state index contributed by atoms with van der Waals surface area (Å²) in [5.41, 5.74) is 27.4. The van der Waals surface area contributed by atoms with Crippen LogP contribution in [0, 0.1) is 3.57 Å². The third-order valence-corrected chi connectivity index (χ3v) is 11.5. The molecule has 1 aliphatic rings. The smallest absolute Gasteiger partial charge is 0.330 e. The number of esters is 2. The molecular formula is C54H56IN5O6. The molecule has 0 saturated heterocycles. The van der Waals surface area contributed by atoms with E-state index < -0.39 is 0 Å². The van der Waals surface area contributed by atoms with Crippen LogP contribution in [0.25, 0.3) is 11.6 Å². The van der Waals surface area contributed by atoms with Gasteiger partial charge in [-0.2, -0.15) is 0 Å². The number of hydrogen-bond acceptors (Lipinski definition) is 10. The van der Waals surface area contributed by atoms with Crippen molar-refractivity contribution in [1.82, 2.24) is 4.90 Å². The maximum atomic E-state index is 12.8. The van der Waals surface area contributed by atoms with Crippen molar-refractivity contribution in [3.8, 4) is 0 Å². The summed E-state index contributed by atoms with van der Waals surface area (Å²) in [5, 5.41) is 2.77. The number of nitrogens with zero attached hydrogens (tertiary/aromatic N) is 1. The number of Topliss-reactive ketones (excluding diaryl/α,β-unsaturated/α-hetero) is 1. The van der Waals surface area contributed by atoms with Crippen LogP contribution >= 0.6 is 22.6 Å². The Morgan fingerprint density at radius 3 is 2.02 bits per heavy atom. The molecule has 7 rings (SSSR count). The van der Waals surface area contributed by atoms with E-state index in [9.17, 15) is 19.2 Å². The number of rotatable bonds is 14. The van der Waals surface area contributed by atoms with Crippen LogP contribution in [-0.4, -0.2) is 48.3 Å². The number of ketones is 1. The molecule has 1 aliphatic heterocycles. The van der Waals surface area contributed by atoms with Crippen LogP contribution in [0.15, 0.2) is 158 Å². The predicted octanol–water partition coefficient (Wildman–Crippen LogP) is 10.1. The first-order chi connectivity index (χ1) is 31.9. The summed E-state index contributed by atoms with van der Waals surface area (Å²) in [6.07, 6.45) is 3.77. The lowest BCUT2D eigenvalue weighted by Gasteiger charge is -2.38. The number of carbonyl (C=O) groups excluding carboxylic acids is 4. The van der Waals surface area contributed by atoms with E-state index in [2.05, 4.69) is 51.5 Å². The molecule has 1 amide bonds. The summed E-state index contributed by atoms with van der Waals surface area (Å²) < 4.78 is 11.1. The highest BCUT2D eigenvalue weighted by molar-refractivity contribution is 14.1. The molecule has 1 unspecified atom stereocenters. The van der Waals surface area contributed by atoms with Gasteiger partial charge in [0, 0.05) is 58.6 Å². The highest BCUT2D eigenvalue weighted by Crippen LogP contribution is 2.38. The SMILES string of the molecule is C=C1CN(Cc2ccc(C(=O)Cc3ccccc3N)cc2)C(CC(=O)OCC)c2ccccc21.CCOC(=O)C=Cc1ccccc1I.NCc1ccc(C(=O)Nc2ccccc2N)cc1. The standard InChI is InChI=1S/C29H30N2O3.C14H15N3O.C11H11IO2/c1-3-34-29(33)17-27-25-10-6-5-9-24(25)20(2)18-31(27)19-21-12-14-22(15-13-21)28(32)16-23-8-4-7-11-26(23)30;15-9-10-5-7-11(8-6-10)14(18)17-13-4-2-1-3-12(13)16;1-2-14-11(13)8-7-9-5-3-4-6-10(9)12/h4-15,27H,2-3,16-19,30H2,1H3;1-8H,9,15-16H2,(H,17,18);3-8H,2H2,1H3. The number of nitrogens with one attached hydrogen (secondary N) is 1. The largest absolute Gasteiger partial charge is 0.466 e. The topological polar surface area (TPSA) is 180 Å². The molecular weight excluding hydrogens is 942 g/mol. The van der Waals surface area contributed by atoms with E-state index in [0.717, 1.165) is 42.5 Å². The fraction of sp³-hybridized carbons (Fsp3) is 0.185. The van der Waals surface area contributed by atoms with Gasteiger partial charge >= 0.3 is 11.9 Å². The minimum atomic E-state index is -0.299. The third kappa shape index (κ3) is 14.8. The maximum Gasteiger partial charge on any atom is 0.330 e. The van der Waals surface area contributed by atoms with Gasteiger partial charge in [0.25, 0.3) is 5.91 Å². The van der Waals surface area contributed by atoms with Crippen molar-refractivity contribution in [3.05, 3.63) is 206 Å². The van der Waals surface area contributed by atoms with Gasteiger partial charge in [-0.15, -0.1) is 0 Å². The normalized spacial score (nSPS) is 13.0. The zero-order valence-electron chi connectivity index (χ0n) is 37.3. The molecule has 12 heteroatoms. The molecule has 1 heterocycles. The molecule has 0 aromatic heterocycles. The van der Waals surface area contributed by atoms with E-state index in [-0.39, 0.29) is 42.5 Å². The fourth-order valence-corrected chi connectivity index (χ4v) is 7.65. The van der Waals surface area contributed by atoms with Crippen molar-refractivity contribution in [2.75, 3.05) is 36.5 Å². The van der Waals surface area contributed by atoms with Crippen LogP contribution in [0.5, 0.6) is 0 Å². The first-order valence-corrected chi connectivity index (χ1v) is 22.6. The number of nitrogens with two attached hydrogens (primary N) is 3. The number of hydrogen-bond donors (Lipinski definition) is 4. The number of nitrogen functional groups attached to an aromatic ring is 2. The van der Waals surface area contributed by atoms with E-state index in [0.29, 0.717) is 61.0 Å². The van der Waals surface area contributed by atoms with Crippen molar-refractivity contribution in [3.63, 3.8) is 0 Å². The first-order valence-electron chi connectivity index (χ1n) is 21.6. The molecule has 0 aliphatic carbocycles. The number of amides is 1. The monoisotopic (exact) mass is 997 g/mol. The number of ether oxygens (including phenoxy) is 2. The van der Waals surface area contributed by atoms with Gasteiger partial charge in [0.15, 0.2) is 5.78 Å². The van der Waals surface area contributed by atoms with E-state index in [4.69, 9.17) is 26.7 Å². The van der Waals surface area contributed by atoms with Crippen LogP contribution in [0.4, 0.5) is 17.1 Å². The molecule has 11 nitrogen and oxygen atoms in total. The summed E-state index contributed by atoms with van der Waals surface area (Å²) in [6, 6.07) is 45.3. The zero-order valence-corrected chi connectivity index (χ0v) is 39.4. The van der Waals surface area contributed by atoms with Gasteiger partial charge in [-0.3, -0.25) is 19.3 Å². The Balaban J connectivity index is 0.000000212. The second-order valence-electron chi connectivity index (χ2n) is 15.2. The highest BCUT2D eigenvalue weighted by Gasteiger charge is 2.31. The Kier molecular flexibility index (Phi) is 19.4. The second kappa shape index (κ2) is 25.6. The van der Waals surface area contributed by atoms with Crippen molar-refractivity contribution in [2.24, 2.45) is 5.73 Å². The fourth-order valence-electron chi connectivity index (χ4n) is 7.09. The van der Waals surface area contributed by atoms with Crippen LogP contribution in [0.2, 0.25) is 0 Å². The summed E-state index contributed by atoms with van der Waals surface area (Å²) in [7, 11) is 0. The minimum absolute atomic E-state index is 0.0323. The van der Waals surface area contributed by atoms with Crippen LogP contribution < -0.4 is 22.5 Å². The molecule has 1 atom stereocenters. The molecule has 0 bridgehead atoms. The Labute approximate surface area is 400 Å². The molecule has 0 saturated carbocycles. The minimum Gasteiger partial charge on any atom is -0.466 e. The zero-order chi connectivity index (χ0) is 47.4. The number of fused-ring (bicyclic) bond motifs is 1. The van der Waals surface area contributed by atoms with Crippen molar-refractivity contribution >= 4 is 74.9 Å². The Morgan fingerprint density at radius 1 is 0.742 bits per heavy atom. The van der Waals surface area contributed by atoms with Gasteiger partial charge in [-0.05, 0) is 118 Å². The van der Waals surface area contributed by atoms with Crippen LogP contribution in [0.1, 0.15) is 80.4 Å². The summed E-state index contributed by atoms with van der Waals surface area (Å²) in [5.74, 6) is -0.658. The number of anilines is 3. The molecule has 66 heavy (non-hydrogen) atoms. The molecule has 340 valence electrons. The average molecular weight is 998 g/mol. The maximum absolute atomic E-state index is 12.8. The summed E-state index contributed by atoms with van der Waals surface area (Å²) in [6.45, 7) is 10.4. The van der Waals surface area contributed by atoms with Crippen molar-refractivity contribution in [2.45, 2.75) is 45.8 Å². The second-order valence-corrected chi connectivity index (χ2v) is 16.3. The average Bonchev–Trinajstić information content (AvgIpc) is 3.32. The first kappa shape index (κ1) is 50.1. The quantitative estimate of drug-likeness (QED) is 0.0270. The Morgan fingerprint density at radius 2 is 1.35 bits per heavy atom. The van der Waals surface area contributed by atoms with Crippen molar-refractivity contribution in [1.29, 1.82) is 0 Å². The number of halogens is 1. The molecule has 6 aromatic rings. The number of carbonyl (C=O) groups is 4. The molecule has 7 N–H and O–H groups in total. The van der Waals surface area contributed by atoms with Gasteiger partial charge in [-0.1, -0.05) is 116 Å². The lowest BCUT2D eigenvalue weighted by atomic mass is 9.88. The van der Waals surface area contributed by atoms with Crippen LogP contribution in [-0.2, 0) is 38.6 Å².